The van der Waals surface area contributed by atoms with Gasteiger partial charge in [-0.25, -0.2) is 0 Å². The lowest BCUT2D eigenvalue weighted by molar-refractivity contribution is -0.302. The van der Waals surface area contributed by atoms with Gasteiger partial charge in [-0.05, 0) is 128 Å². The first-order valence-corrected chi connectivity index (χ1v) is 33.9. The molecule has 1 fully saturated rings. The summed E-state index contributed by atoms with van der Waals surface area (Å²) >= 11 is 0. The zero-order valence-electron chi connectivity index (χ0n) is 53.5. The van der Waals surface area contributed by atoms with Gasteiger partial charge in [-0.1, -0.05) is 280 Å². The molecule has 1 saturated heterocycles. The molecule has 0 aromatic carbocycles. The van der Waals surface area contributed by atoms with Gasteiger partial charge in [0, 0.05) is 6.42 Å². The standard InChI is InChI=1S/C76H123NO8/c1-3-5-7-9-11-13-15-17-19-21-23-25-27-29-30-31-32-33-34-35-36-37-38-39-40-42-44-46-48-50-52-54-56-58-60-62-64-66-72(80)77-69(68-84-76-75(83)74(82)73(81)71(67-78)85-76)70(79)65-63-61-59-57-55-53-51-49-47-45-43-41-28-26-24-22-20-18-16-14-12-10-8-6-4-2/h5,7,11,13,17,19,23,25,29-30,32-33,35-36,38-39,42,44,47-50,54-57,63,65,69-71,73-76,78-79,81-83H,3-4,6,8-10,12,14-16,18,20-22,24,26-28,31,34,37,40-41,43,45-46,51-53,58-62,64,66-68H2,1-2H3,(H,77,80)/b7-5-,13-11-,19-17-,25-23-,30-29-,33-32-,36-35-,39-38-,44-42-,49-47+,50-48-,56-54-,57-55+,65-63+. The Hall–Kier alpha value is -4.45. The van der Waals surface area contributed by atoms with Crippen LogP contribution in [0, 0.1) is 0 Å². The van der Waals surface area contributed by atoms with E-state index in [9.17, 15) is 30.3 Å². The molecule has 0 radical (unpaired) electrons. The van der Waals surface area contributed by atoms with E-state index in [-0.39, 0.29) is 18.9 Å². The SMILES string of the molecule is CC/C=C\C/C=C\C/C=C\C/C=C\C/C=C\C/C=C\C/C=C\C/C=C\C/C=C\C/C=C\C/C=C\CCCCCC(=O)NC(COC1OC(CO)C(O)C(O)C1O)C(O)/C=C/CC/C=C/CC/C=C/CCCCCCCCCCCCCCCCC. The average molecular weight is 1180 g/mol. The van der Waals surface area contributed by atoms with Crippen LogP contribution >= 0.6 is 0 Å². The molecule has 1 aliphatic rings. The van der Waals surface area contributed by atoms with Crippen LogP contribution in [-0.4, -0.2) is 87.5 Å². The van der Waals surface area contributed by atoms with Gasteiger partial charge in [-0.15, -0.1) is 0 Å². The van der Waals surface area contributed by atoms with Gasteiger partial charge in [0.15, 0.2) is 6.29 Å². The van der Waals surface area contributed by atoms with Crippen LogP contribution in [0.3, 0.4) is 0 Å². The van der Waals surface area contributed by atoms with Crippen molar-refractivity contribution in [2.75, 3.05) is 13.2 Å². The van der Waals surface area contributed by atoms with Gasteiger partial charge in [0.05, 0.1) is 25.4 Å². The maximum Gasteiger partial charge on any atom is 0.220 e. The molecule has 1 amide bonds. The third kappa shape index (κ3) is 51.3. The molecule has 0 aromatic rings. The number of hydrogen-bond donors (Lipinski definition) is 6. The highest BCUT2D eigenvalue weighted by Crippen LogP contribution is 2.23. The summed E-state index contributed by atoms with van der Waals surface area (Å²) in [6.45, 7) is 3.63. The summed E-state index contributed by atoms with van der Waals surface area (Å²) in [5.41, 5.74) is 0. The van der Waals surface area contributed by atoms with Crippen molar-refractivity contribution in [2.45, 2.75) is 288 Å². The fourth-order valence-electron chi connectivity index (χ4n) is 9.49. The topological polar surface area (TPSA) is 149 Å². The van der Waals surface area contributed by atoms with Crippen LogP contribution in [0.4, 0.5) is 0 Å². The first-order chi connectivity index (χ1) is 41.8. The first-order valence-electron chi connectivity index (χ1n) is 33.9. The smallest absolute Gasteiger partial charge is 0.220 e. The number of carbonyl (C=O) groups excluding carboxylic acids is 1. The van der Waals surface area contributed by atoms with Crippen molar-refractivity contribution < 1.29 is 39.8 Å². The van der Waals surface area contributed by atoms with Crippen LogP contribution in [0.25, 0.3) is 0 Å². The van der Waals surface area contributed by atoms with E-state index in [1.165, 1.54) is 96.3 Å². The Balaban J connectivity index is 2.26. The van der Waals surface area contributed by atoms with E-state index in [4.69, 9.17) is 9.47 Å². The average Bonchev–Trinajstić information content (AvgIpc) is 3.57. The number of nitrogens with one attached hydrogen (secondary N) is 1. The fraction of sp³-hybridized carbons (Fsp3) is 0.618. The van der Waals surface area contributed by atoms with Gasteiger partial charge in [0.2, 0.25) is 5.91 Å². The van der Waals surface area contributed by atoms with Gasteiger partial charge in [-0.3, -0.25) is 4.79 Å². The lowest BCUT2D eigenvalue weighted by Gasteiger charge is -2.40. The second-order valence-electron chi connectivity index (χ2n) is 22.5. The third-order valence-electron chi connectivity index (χ3n) is 14.8. The molecular weight excluding hydrogens is 1050 g/mol. The molecule has 1 heterocycles. The quantitative estimate of drug-likeness (QED) is 0.0261. The lowest BCUT2D eigenvalue weighted by atomic mass is 9.99. The predicted molar refractivity (Wildman–Crippen MR) is 363 cm³/mol. The van der Waals surface area contributed by atoms with E-state index in [1.54, 1.807) is 6.08 Å². The van der Waals surface area contributed by atoms with E-state index >= 15 is 0 Å². The van der Waals surface area contributed by atoms with Crippen LogP contribution in [0.2, 0.25) is 0 Å². The number of aliphatic hydroxyl groups excluding tert-OH is 5. The summed E-state index contributed by atoms with van der Waals surface area (Å²) in [5.74, 6) is -0.229. The molecule has 0 aromatic heterocycles. The molecule has 9 nitrogen and oxygen atoms in total. The molecule has 0 bridgehead atoms. The van der Waals surface area contributed by atoms with Gasteiger partial charge >= 0.3 is 0 Å². The first kappa shape index (κ1) is 78.6. The Bertz CT molecular complexity index is 1950. The number of hydrogen-bond acceptors (Lipinski definition) is 8. The van der Waals surface area contributed by atoms with Crippen LogP contribution in [0.1, 0.15) is 245 Å². The maximum atomic E-state index is 13.1. The Labute approximate surface area is 519 Å². The minimum atomic E-state index is -1.59. The van der Waals surface area contributed by atoms with Crippen molar-refractivity contribution in [1.82, 2.24) is 5.32 Å². The second-order valence-corrected chi connectivity index (χ2v) is 22.5. The van der Waals surface area contributed by atoms with E-state index in [0.29, 0.717) is 12.8 Å². The molecule has 0 aliphatic carbocycles. The molecule has 1 aliphatic heterocycles. The molecular formula is C76H123NO8. The van der Waals surface area contributed by atoms with E-state index < -0.39 is 49.5 Å². The lowest BCUT2D eigenvalue weighted by Crippen LogP contribution is -2.60. The van der Waals surface area contributed by atoms with Crippen LogP contribution < -0.4 is 5.32 Å². The number of amides is 1. The molecule has 7 unspecified atom stereocenters. The van der Waals surface area contributed by atoms with E-state index in [0.717, 1.165) is 116 Å². The number of allylic oxidation sites excluding steroid dienone is 27. The van der Waals surface area contributed by atoms with Crippen LogP contribution in [0.15, 0.2) is 170 Å². The summed E-state index contributed by atoms with van der Waals surface area (Å²) in [5, 5.41) is 54.6. The number of carbonyl (C=O) groups is 1. The van der Waals surface area contributed by atoms with Gasteiger partial charge in [0.1, 0.15) is 24.4 Å². The monoisotopic (exact) mass is 1180 g/mol. The van der Waals surface area contributed by atoms with Crippen molar-refractivity contribution in [2.24, 2.45) is 0 Å². The summed E-state index contributed by atoms with van der Waals surface area (Å²) in [4.78, 5) is 13.1. The Morgan fingerprint density at radius 3 is 1.13 bits per heavy atom. The molecule has 9 heteroatoms. The van der Waals surface area contributed by atoms with Crippen molar-refractivity contribution in [1.29, 1.82) is 0 Å². The van der Waals surface area contributed by atoms with Gasteiger partial charge in [0.25, 0.3) is 0 Å². The Morgan fingerprint density at radius 1 is 0.412 bits per heavy atom. The van der Waals surface area contributed by atoms with Crippen molar-refractivity contribution in [3.8, 4) is 0 Å². The van der Waals surface area contributed by atoms with Crippen molar-refractivity contribution in [3.63, 3.8) is 0 Å². The fourth-order valence-corrected chi connectivity index (χ4v) is 9.49. The van der Waals surface area contributed by atoms with Crippen molar-refractivity contribution in [3.05, 3.63) is 170 Å². The molecule has 6 N–H and O–H groups in total. The predicted octanol–water partition coefficient (Wildman–Crippen LogP) is 18.5. The second kappa shape index (κ2) is 62.6. The Morgan fingerprint density at radius 2 is 0.741 bits per heavy atom. The van der Waals surface area contributed by atoms with E-state index in [2.05, 4.69) is 177 Å². The Kier molecular flexibility index (Phi) is 57.9. The zero-order valence-corrected chi connectivity index (χ0v) is 53.5. The highest BCUT2D eigenvalue weighted by Gasteiger charge is 2.44. The number of unbranched alkanes of at least 4 members (excludes halogenated alkanes) is 20. The van der Waals surface area contributed by atoms with E-state index in [1.807, 2.05) is 6.08 Å². The van der Waals surface area contributed by atoms with Crippen molar-refractivity contribution >= 4 is 5.91 Å². The molecule has 1 rings (SSSR count). The number of ether oxygens (including phenoxy) is 2. The summed E-state index contributed by atoms with van der Waals surface area (Å²) < 4.78 is 11.3. The minimum Gasteiger partial charge on any atom is -0.394 e. The number of aliphatic hydroxyl groups is 5. The molecule has 85 heavy (non-hydrogen) atoms. The third-order valence-corrected chi connectivity index (χ3v) is 14.8. The summed E-state index contributed by atoms with van der Waals surface area (Å²) in [6.07, 6.45) is 93.0. The van der Waals surface area contributed by atoms with Gasteiger partial charge in [-0.2, -0.15) is 0 Å². The maximum absolute atomic E-state index is 13.1. The highest BCUT2D eigenvalue weighted by atomic mass is 16.7. The summed E-state index contributed by atoms with van der Waals surface area (Å²) in [7, 11) is 0. The number of rotatable bonds is 56. The molecule has 7 atom stereocenters. The molecule has 0 spiro atoms. The van der Waals surface area contributed by atoms with Gasteiger partial charge < -0.3 is 40.3 Å². The minimum absolute atomic E-state index is 0.229. The normalized spacial score (nSPS) is 19.3. The largest absolute Gasteiger partial charge is 0.394 e. The highest BCUT2D eigenvalue weighted by molar-refractivity contribution is 5.76. The summed E-state index contributed by atoms with van der Waals surface area (Å²) in [6, 6.07) is -0.861. The molecule has 0 saturated carbocycles. The zero-order chi connectivity index (χ0) is 61.4. The van der Waals surface area contributed by atoms with Crippen LogP contribution in [-0.2, 0) is 14.3 Å². The van der Waals surface area contributed by atoms with Crippen LogP contribution in [0.5, 0.6) is 0 Å². The molecule has 480 valence electrons.